The summed E-state index contributed by atoms with van der Waals surface area (Å²) < 4.78 is 11.1. The number of aliphatic carboxylic acids is 1. The lowest BCUT2D eigenvalue weighted by atomic mass is 10.2. The second-order valence-electron chi connectivity index (χ2n) is 4.96. The molecule has 1 atom stereocenters. The molecule has 20 heavy (non-hydrogen) atoms. The third-order valence-corrected chi connectivity index (χ3v) is 2.65. The number of carbonyl (C=O) groups is 2. The Kier molecular flexibility index (Phi) is 3.54. The zero-order valence-corrected chi connectivity index (χ0v) is 11.2. The van der Waals surface area contributed by atoms with Gasteiger partial charge < -0.3 is 25.6 Å². The molecule has 1 unspecified atom stereocenters. The average Bonchev–Trinajstić information content (AvgIpc) is 2.61. The molecule has 1 amide bonds. The van der Waals surface area contributed by atoms with Gasteiger partial charge in [-0.1, -0.05) is 0 Å². The molecule has 7 nitrogen and oxygen atoms in total. The van der Waals surface area contributed by atoms with Gasteiger partial charge in [0, 0.05) is 25.6 Å². The van der Waals surface area contributed by atoms with Crippen molar-refractivity contribution in [1.29, 1.82) is 0 Å². The summed E-state index contributed by atoms with van der Waals surface area (Å²) in [6.07, 6.45) is -0.427. The van der Waals surface area contributed by atoms with E-state index in [2.05, 4.69) is 5.32 Å². The van der Waals surface area contributed by atoms with E-state index in [1.54, 1.807) is 32.0 Å². The summed E-state index contributed by atoms with van der Waals surface area (Å²) in [7, 11) is 0. The molecule has 0 bridgehead atoms. The van der Waals surface area contributed by atoms with E-state index in [-0.39, 0.29) is 0 Å². The number of ether oxygens (including phenoxy) is 2. The largest absolute Gasteiger partial charge is 0.481 e. The highest BCUT2D eigenvalue weighted by atomic mass is 16.7. The van der Waals surface area contributed by atoms with Crippen LogP contribution in [0.3, 0.4) is 0 Å². The third-order valence-electron chi connectivity index (χ3n) is 2.65. The predicted octanol–water partition coefficient (Wildman–Crippen LogP) is 0.934. The van der Waals surface area contributed by atoms with Crippen molar-refractivity contribution in [3.63, 3.8) is 0 Å². The minimum atomic E-state index is -1.12. The van der Waals surface area contributed by atoms with Crippen LogP contribution in [0.2, 0.25) is 0 Å². The van der Waals surface area contributed by atoms with Crippen LogP contribution in [0.5, 0.6) is 11.5 Å². The van der Waals surface area contributed by atoms with Crippen LogP contribution in [0.4, 0.5) is 5.69 Å². The van der Waals surface area contributed by atoms with Gasteiger partial charge in [0.05, 0.1) is 12.5 Å². The molecule has 0 radical (unpaired) electrons. The van der Waals surface area contributed by atoms with E-state index in [1.807, 2.05) is 0 Å². The first-order valence-electron chi connectivity index (χ1n) is 6.07. The smallest absolute Gasteiger partial charge is 0.305 e. The van der Waals surface area contributed by atoms with E-state index in [4.69, 9.17) is 20.3 Å². The minimum absolute atomic E-state index is 0.427. The molecular weight excluding hydrogens is 264 g/mol. The summed E-state index contributed by atoms with van der Waals surface area (Å²) in [4.78, 5) is 22.2. The maximum absolute atomic E-state index is 11.7. The molecule has 1 aliphatic rings. The van der Waals surface area contributed by atoms with E-state index in [0.29, 0.717) is 17.2 Å². The molecule has 1 aromatic rings. The highest BCUT2D eigenvalue weighted by Gasteiger charge is 2.31. The first kappa shape index (κ1) is 14.1. The fraction of sp³-hybridized carbons (Fsp3) is 0.385. The fourth-order valence-electron chi connectivity index (χ4n) is 1.82. The lowest BCUT2D eigenvalue weighted by Gasteiger charge is -2.16. The third kappa shape index (κ3) is 3.18. The fourth-order valence-corrected chi connectivity index (χ4v) is 1.82. The molecular formula is C13H16N2O5. The van der Waals surface area contributed by atoms with Crippen molar-refractivity contribution in [1.82, 2.24) is 0 Å². The number of carbonyl (C=O) groups excluding carboxylic acids is 1. The maximum Gasteiger partial charge on any atom is 0.305 e. The molecule has 0 fully saturated rings. The average molecular weight is 280 g/mol. The number of amides is 1. The van der Waals surface area contributed by atoms with Crippen LogP contribution in [-0.4, -0.2) is 28.8 Å². The Bertz CT molecular complexity index is 556. The zero-order chi connectivity index (χ0) is 14.9. The Morgan fingerprint density at radius 2 is 2.00 bits per heavy atom. The number of benzene rings is 1. The van der Waals surface area contributed by atoms with Crippen molar-refractivity contribution >= 4 is 17.6 Å². The van der Waals surface area contributed by atoms with E-state index < -0.39 is 30.1 Å². The summed E-state index contributed by atoms with van der Waals surface area (Å²) in [5.41, 5.74) is 5.94. The molecule has 0 aliphatic carbocycles. The highest BCUT2D eigenvalue weighted by molar-refractivity contribution is 5.96. The Labute approximate surface area is 115 Å². The summed E-state index contributed by atoms with van der Waals surface area (Å²) in [6.45, 7) is 3.54. The first-order valence-corrected chi connectivity index (χ1v) is 6.07. The van der Waals surface area contributed by atoms with Gasteiger partial charge in [-0.15, -0.1) is 0 Å². The second-order valence-corrected chi connectivity index (χ2v) is 4.96. The molecule has 0 aromatic heterocycles. The van der Waals surface area contributed by atoms with Crippen LogP contribution >= 0.6 is 0 Å². The first-order chi connectivity index (χ1) is 9.27. The molecule has 1 heterocycles. The monoisotopic (exact) mass is 280 g/mol. The number of nitrogens with one attached hydrogen (secondary N) is 1. The molecule has 1 aliphatic heterocycles. The molecule has 1 aromatic carbocycles. The molecule has 0 saturated carbocycles. The molecule has 108 valence electrons. The van der Waals surface area contributed by atoms with Crippen LogP contribution in [-0.2, 0) is 9.59 Å². The number of anilines is 1. The summed E-state index contributed by atoms with van der Waals surface area (Å²) in [6, 6.07) is 3.81. The topological polar surface area (TPSA) is 111 Å². The van der Waals surface area contributed by atoms with Crippen LogP contribution in [0.25, 0.3) is 0 Å². The van der Waals surface area contributed by atoms with Crippen molar-refractivity contribution in [2.45, 2.75) is 32.1 Å². The number of carboxylic acid groups (broad SMARTS) is 1. The van der Waals surface area contributed by atoms with Gasteiger partial charge in [0.2, 0.25) is 11.7 Å². The van der Waals surface area contributed by atoms with Crippen molar-refractivity contribution in [2.24, 2.45) is 5.73 Å². The van der Waals surface area contributed by atoms with Crippen molar-refractivity contribution < 1.29 is 24.2 Å². The van der Waals surface area contributed by atoms with E-state index in [1.165, 1.54) is 0 Å². The number of hydrogen-bond donors (Lipinski definition) is 3. The molecule has 4 N–H and O–H groups in total. The van der Waals surface area contributed by atoms with Gasteiger partial charge in [-0.2, -0.15) is 0 Å². The van der Waals surface area contributed by atoms with E-state index in [0.717, 1.165) is 0 Å². The lowest BCUT2D eigenvalue weighted by Crippen LogP contribution is -2.37. The zero-order valence-electron chi connectivity index (χ0n) is 11.2. The Hall–Kier alpha value is -2.28. The quantitative estimate of drug-likeness (QED) is 0.756. The SMILES string of the molecule is CC1(C)Oc2ccc(NC(=O)C(N)CC(=O)O)cc2O1. The summed E-state index contributed by atoms with van der Waals surface area (Å²) in [5, 5.41) is 11.1. The normalized spacial score (nSPS) is 16.6. The van der Waals surface area contributed by atoms with Crippen molar-refractivity contribution in [3.8, 4) is 11.5 Å². The Morgan fingerprint density at radius 3 is 2.65 bits per heavy atom. The van der Waals surface area contributed by atoms with E-state index in [9.17, 15) is 9.59 Å². The lowest BCUT2D eigenvalue weighted by molar-refractivity contribution is -0.138. The van der Waals surface area contributed by atoms with Crippen molar-refractivity contribution in [2.75, 3.05) is 5.32 Å². The van der Waals surface area contributed by atoms with Crippen molar-refractivity contribution in [3.05, 3.63) is 18.2 Å². The summed E-state index contributed by atoms with van der Waals surface area (Å²) >= 11 is 0. The van der Waals surface area contributed by atoms with E-state index >= 15 is 0 Å². The molecule has 0 spiro atoms. The van der Waals surface area contributed by atoms with Crippen LogP contribution in [0, 0.1) is 0 Å². The standard InChI is InChI=1S/C13H16N2O5/c1-13(2)19-9-4-3-7(5-10(9)20-13)15-12(18)8(14)6-11(16)17/h3-5,8H,6,14H2,1-2H3,(H,15,18)(H,16,17). The van der Waals surface area contributed by atoms with Crippen LogP contribution in [0.1, 0.15) is 20.3 Å². The van der Waals surface area contributed by atoms with Gasteiger partial charge in [0.1, 0.15) is 0 Å². The van der Waals surface area contributed by atoms with Gasteiger partial charge in [-0.25, -0.2) is 0 Å². The molecule has 2 rings (SSSR count). The number of carboxylic acids is 1. The minimum Gasteiger partial charge on any atom is -0.481 e. The number of rotatable bonds is 4. The van der Waals surface area contributed by atoms with Gasteiger partial charge in [-0.3, -0.25) is 9.59 Å². The molecule has 0 saturated heterocycles. The summed E-state index contributed by atoms with van der Waals surface area (Å²) in [5.74, 6) is -1.34. The van der Waals surface area contributed by atoms with Gasteiger partial charge in [-0.05, 0) is 12.1 Å². The number of hydrogen-bond acceptors (Lipinski definition) is 5. The Morgan fingerprint density at radius 1 is 1.35 bits per heavy atom. The number of nitrogens with two attached hydrogens (primary N) is 1. The van der Waals surface area contributed by atoms with Crippen LogP contribution in [0.15, 0.2) is 18.2 Å². The predicted molar refractivity (Wildman–Crippen MR) is 70.6 cm³/mol. The van der Waals surface area contributed by atoms with Crippen LogP contribution < -0.4 is 20.5 Å². The number of fused-ring (bicyclic) bond motifs is 1. The highest BCUT2D eigenvalue weighted by Crippen LogP contribution is 2.40. The second kappa shape index (κ2) is 5.01. The van der Waals surface area contributed by atoms with Gasteiger partial charge in [0.25, 0.3) is 0 Å². The van der Waals surface area contributed by atoms with Gasteiger partial charge in [0.15, 0.2) is 11.5 Å². The Balaban J connectivity index is 2.05. The maximum atomic E-state index is 11.7. The molecule has 7 heteroatoms. The van der Waals surface area contributed by atoms with Gasteiger partial charge >= 0.3 is 5.97 Å².